The topological polar surface area (TPSA) is 116 Å². The molecule has 13 heteroatoms. The molecular weight excluding hydrogens is 534 g/mol. The van der Waals surface area contributed by atoms with Crippen LogP contribution in [0.5, 0.6) is 6.01 Å². The Hall–Kier alpha value is -3.53. The SMILES string of the molecule is CN1CCC[C@H]1COc1nc(NC2CN(C#N)C2)c2cc(Cl)c(-c3ccc(F)c4sc(N)nc34)c(F)c2n1. The number of fused-ring (bicyclic) bond motifs is 2. The van der Waals surface area contributed by atoms with Crippen molar-refractivity contribution in [2.75, 3.05) is 44.3 Å². The van der Waals surface area contributed by atoms with Gasteiger partial charge in [0.15, 0.2) is 17.1 Å². The number of nitrogen functional groups attached to an aromatic ring is 1. The molecule has 1 atom stereocenters. The highest BCUT2D eigenvalue weighted by Crippen LogP contribution is 2.42. The average molecular weight is 557 g/mol. The molecule has 0 radical (unpaired) electrons. The normalized spacial score (nSPS) is 18.2. The molecular formula is C25H23ClF2N8OS. The first-order chi connectivity index (χ1) is 18.3. The molecule has 196 valence electrons. The molecule has 2 aliphatic heterocycles. The highest BCUT2D eigenvalue weighted by molar-refractivity contribution is 7.22. The molecule has 2 fully saturated rings. The third-order valence-electron chi connectivity index (χ3n) is 7.08. The summed E-state index contributed by atoms with van der Waals surface area (Å²) in [6, 6.07) is 4.45. The molecule has 0 bridgehead atoms. The Labute approximate surface area is 225 Å². The Kier molecular flexibility index (Phi) is 6.29. The van der Waals surface area contributed by atoms with Crippen LogP contribution in [0.3, 0.4) is 0 Å². The molecule has 0 amide bonds. The van der Waals surface area contributed by atoms with E-state index in [0.29, 0.717) is 36.5 Å². The standard InChI is InChI=1S/C25H23ClF2N8OS/c1-35-6-2-3-13(35)10-37-25-33-20-15(23(34-25)31-12-8-36(9-12)11-29)7-16(26)18(19(20)28)14-4-5-17(27)22-21(14)32-24(30)38-22/h4-5,7,12-13H,2-3,6,8-10H2,1H3,(H2,30,32)(H,31,33,34)/t13-/m0/s1. The minimum Gasteiger partial charge on any atom is -0.462 e. The molecule has 3 N–H and O–H groups in total. The number of rotatable bonds is 6. The Morgan fingerprint density at radius 2 is 2.08 bits per heavy atom. The summed E-state index contributed by atoms with van der Waals surface area (Å²) in [5, 5.41) is 13.0. The van der Waals surface area contributed by atoms with Gasteiger partial charge in [-0.05, 0) is 44.6 Å². The number of hydrogen-bond donors (Lipinski definition) is 2. The third-order valence-corrected chi connectivity index (χ3v) is 8.27. The van der Waals surface area contributed by atoms with E-state index < -0.39 is 11.6 Å². The molecule has 0 unspecified atom stereocenters. The lowest BCUT2D eigenvalue weighted by atomic mass is 10.0. The zero-order valence-corrected chi connectivity index (χ0v) is 21.9. The van der Waals surface area contributed by atoms with Crippen LogP contribution >= 0.6 is 22.9 Å². The van der Waals surface area contributed by atoms with Gasteiger partial charge in [0, 0.05) is 22.6 Å². The zero-order valence-electron chi connectivity index (χ0n) is 20.3. The Bertz CT molecular complexity index is 1600. The Morgan fingerprint density at radius 3 is 2.82 bits per heavy atom. The number of nitrogens with two attached hydrogens (primary N) is 1. The van der Waals surface area contributed by atoms with Crippen LogP contribution in [0.1, 0.15) is 12.8 Å². The number of halogens is 3. The van der Waals surface area contributed by atoms with E-state index in [2.05, 4.69) is 31.4 Å². The van der Waals surface area contributed by atoms with Gasteiger partial charge in [-0.1, -0.05) is 22.9 Å². The molecule has 9 nitrogen and oxygen atoms in total. The zero-order chi connectivity index (χ0) is 26.6. The quantitative estimate of drug-likeness (QED) is 0.332. The lowest BCUT2D eigenvalue weighted by Crippen LogP contribution is -2.52. The number of likely N-dealkylation sites (N-methyl/N-ethyl adjacent to an activating group) is 1. The molecule has 0 saturated carbocycles. The van der Waals surface area contributed by atoms with Gasteiger partial charge in [-0.2, -0.15) is 15.2 Å². The molecule has 0 spiro atoms. The highest BCUT2D eigenvalue weighted by atomic mass is 35.5. The second-order valence-electron chi connectivity index (χ2n) is 9.56. The van der Waals surface area contributed by atoms with Gasteiger partial charge < -0.3 is 25.6 Å². The fourth-order valence-electron chi connectivity index (χ4n) is 5.00. The second-order valence-corrected chi connectivity index (χ2v) is 11.0. The fourth-order valence-corrected chi connectivity index (χ4v) is 6.05. The van der Waals surface area contributed by atoms with Crippen LogP contribution in [-0.4, -0.2) is 70.1 Å². The van der Waals surface area contributed by atoms with Gasteiger partial charge >= 0.3 is 6.01 Å². The van der Waals surface area contributed by atoms with Crippen LogP contribution in [0.2, 0.25) is 5.02 Å². The van der Waals surface area contributed by atoms with E-state index in [9.17, 15) is 4.39 Å². The van der Waals surface area contributed by atoms with Gasteiger partial charge in [-0.25, -0.2) is 13.8 Å². The van der Waals surface area contributed by atoms with Crippen molar-refractivity contribution < 1.29 is 13.5 Å². The molecule has 4 aromatic rings. The first-order valence-corrected chi connectivity index (χ1v) is 13.3. The van der Waals surface area contributed by atoms with E-state index in [-0.39, 0.29) is 49.5 Å². The second kappa shape index (κ2) is 9.65. The monoisotopic (exact) mass is 556 g/mol. The summed E-state index contributed by atoms with van der Waals surface area (Å²) >= 11 is 7.62. The maximum absolute atomic E-state index is 16.3. The number of likely N-dealkylation sites (tertiary alicyclic amines) is 2. The van der Waals surface area contributed by atoms with Crippen molar-refractivity contribution in [1.82, 2.24) is 24.8 Å². The largest absolute Gasteiger partial charge is 0.462 e. The maximum atomic E-state index is 16.3. The molecule has 2 aromatic heterocycles. The number of aromatic nitrogens is 3. The molecule has 38 heavy (non-hydrogen) atoms. The first kappa shape index (κ1) is 24.8. The summed E-state index contributed by atoms with van der Waals surface area (Å²) in [4.78, 5) is 17.0. The smallest absolute Gasteiger partial charge is 0.319 e. The van der Waals surface area contributed by atoms with E-state index in [1.54, 1.807) is 11.0 Å². The number of benzene rings is 2. The fraction of sp³-hybridized carbons (Fsp3) is 0.360. The van der Waals surface area contributed by atoms with E-state index in [1.807, 2.05) is 7.05 Å². The number of nitrogens with zero attached hydrogens (tertiary/aromatic N) is 6. The van der Waals surface area contributed by atoms with E-state index >= 15 is 4.39 Å². The first-order valence-electron chi connectivity index (χ1n) is 12.1. The molecule has 0 aliphatic carbocycles. The predicted octanol–water partition coefficient (Wildman–Crippen LogP) is 4.47. The van der Waals surface area contributed by atoms with Crippen LogP contribution in [0.25, 0.3) is 32.2 Å². The van der Waals surface area contributed by atoms with Crippen LogP contribution < -0.4 is 15.8 Å². The van der Waals surface area contributed by atoms with E-state index in [1.165, 1.54) is 12.1 Å². The van der Waals surface area contributed by atoms with Gasteiger partial charge in [-0.15, -0.1) is 0 Å². The highest BCUT2D eigenvalue weighted by Gasteiger charge is 2.29. The van der Waals surface area contributed by atoms with E-state index in [4.69, 9.17) is 27.3 Å². The lowest BCUT2D eigenvalue weighted by Gasteiger charge is -2.35. The van der Waals surface area contributed by atoms with Crippen LogP contribution in [0, 0.1) is 23.1 Å². The maximum Gasteiger partial charge on any atom is 0.319 e. The van der Waals surface area contributed by atoms with Gasteiger partial charge in [0.05, 0.1) is 34.4 Å². The van der Waals surface area contributed by atoms with Crippen molar-refractivity contribution in [2.24, 2.45) is 0 Å². The third kappa shape index (κ3) is 4.30. The van der Waals surface area contributed by atoms with Crippen molar-refractivity contribution in [2.45, 2.75) is 24.9 Å². The van der Waals surface area contributed by atoms with Gasteiger partial charge in [0.25, 0.3) is 0 Å². The van der Waals surface area contributed by atoms with Gasteiger partial charge in [-0.3, -0.25) is 0 Å². The number of nitriles is 1. The van der Waals surface area contributed by atoms with E-state index in [0.717, 1.165) is 30.7 Å². The summed E-state index contributed by atoms with van der Waals surface area (Å²) in [7, 11) is 2.04. The van der Waals surface area contributed by atoms with Crippen molar-refractivity contribution >= 4 is 55.0 Å². The summed E-state index contributed by atoms with van der Waals surface area (Å²) < 4.78 is 36.9. The van der Waals surface area contributed by atoms with Crippen molar-refractivity contribution in [3.63, 3.8) is 0 Å². The molecule has 2 aromatic carbocycles. The van der Waals surface area contributed by atoms with Crippen molar-refractivity contribution in [3.8, 4) is 23.3 Å². The summed E-state index contributed by atoms with van der Waals surface area (Å²) in [5.41, 5.74) is 6.42. The van der Waals surface area contributed by atoms with Gasteiger partial charge in [0.1, 0.15) is 23.8 Å². The van der Waals surface area contributed by atoms with Crippen molar-refractivity contribution in [3.05, 3.63) is 34.9 Å². The number of thiazole rings is 1. The molecule has 6 rings (SSSR count). The van der Waals surface area contributed by atoms with Gasteiger partial charge in [0.2, 0.25) is 0 Å². The number of ether oxygens (including phenoxy) is 1. The Morgan fingerprint density at radius 1 is 1.26 bits per heavy atom. The summed E-state index contributed by atoms with van der Waals surface area (Å²) in [6.07, 6.45) is 4.17. The minimum atomic E-state index is -0.701. The van der Waals surface area contributed by atoms with Crippen LogP contribution in [0.15, 0.2) is 18.2 Å². The lowest BCUT2D eigenvalue weighted by molar-refractivity contribution is 0.188. The number of anilines is 2. The van der Waals surface area contributed by atoms with Crippen LogP contribution in [0.4, 0.5) is 19.7 Å². The number of hydrogen-bond acceptors (Lipinski definition) is 10. The summed E-state index contributed by atoms with van der Waals surface area (Å²) in [6.45, 7) is 2.35. The van der Waals surface area contributed by atoms with Crippen molar-refractivity contribution in [1.29, 1.82) is 5.26 Å². The average Bonchev–Trinajstić information content (AvgIpc) is 3.46. The predicted molar refractivity (Wildman–Crippen MR) is 143 cm³/mol. The number of nitrogens with one attached hydrogen (secondary N) is 1. The summed E-state index contributed by atoms with van der Waals surface area (Å²) in [5.74, 6) is -0.835. The Balaban J connectivity index is 1.46. The van der Waals surface area contributed by atoms with Crippen LogP contribution in [-0.2, 0) is 0 Å². The molecule has 2 saturated heterocycles. The minimum absolute atomic E-state index is 0.00816. The molecule has 2 aliphatic rings. The molecule has 4 heterocycles.